The fraction of sp³-hybridized carbons (Fsp3) is 0.333. The number of imide groups is 1. The van der Waals surface area contributed by atoms with Gasteiger partial charge in [-0.15, -0.1) is 0 Å². The largest absolute Gasteiger partial charge is 0.454 e. The van der Waals surface area contributed by atoms with Crippen molar-refractivity contribution in [2.24, 2.45) is 5.92 Å². The van der Waals surface area contributed by atoms with E-state index in [9.17, 15) is 19.2 Å². The lowest BCUT2D eigenvalue weighted by atomic mass is 10.0. The highest BCUT2D eigenvalue weighted by atomic mass is 16.5. The van der Waals surface area contributed by atoms with Gasteiger partial charge in [-0.25, -0.2) is 4.79 Å². The van der Waals surface area contributed by atoms with Crippen molar-refractivity contribution in [3.05, 3.63) is 71.3 Å². The van der Waals surface area contributed by atoms with Crippen LogP contribution in [0.5, 0.6) is 0 Å². The molecular weight excluding hydrogens is 396 g/mol. The first kappa shape index (κ1) is 22.2. The maximum Gasteiger partial charge on any atom is 0.329 e. The highest BCUT2D eigenvalue weighted by Crippen LogP contribution is 2.27. The highest BCUT2D eigenvalue weighted by Gasteiger charge is 2.43. The number of benzene rings is 2. The van der Waals surface area contributed by atoms with Gasteiger partial charge in [0.25, 0.3) is 17.7 Å². The number of fused-ring (bicyclic) bond motifs is 1. The van der Waals surface area contributed by atoms with Crippen molar-refractivity contribution in [2.75, 3.05) is 13.7 Å². The summed E-state index contributed by atoms with van der Waals surface area (Å²) in [6, 6.07) is 14.8. The van der Waals surface area contributed by atoms with E-state index in [4.69, 9.17) is 4.74 Å². The van der Waals surface area contributed by atoms with Crippen LogP contribution in [0.15, 0.2) is 54.6 Å². The molecule has 1 aliphatic heterocycles. The zero-order valence-corrected chi connectivity index (χ0v) is 17.9. The van der Waals surface area contributed by atoms with Crippen LogP contribution >= 0.6 is 0 Å². The van der Waals surface area contributed by atoms with Crippen molar-refractivity contribution in [3.8, 4) is 0 Å². The zero-order chi connectivity index (χ0) is 22.5. The van der Waals surface area contributed by atoms with Gasteiger partial charge < -0.3 is 9.64 Å². The van der Waals surface area contributed by atoms with Gasteiger partial charge in [0.15, 0.2) is 6.61 Å². The summed E-state index contributed by atoms with van der Waals surface area (Å²) < 4.78 is 5.26. The molecule has 0 unspecified atom stereocenters. The summed E-state index contributed by atoms with van der Waals surface area (Å²) in [5.41, 5.74) is 1.49. The molecule has 3 rings (SSSR count). The second-order valence-electron chi connectivity index (χ2n) is 8.01. The van der Waals surface area contributed by atoms with Crippen molar-refractivity contribution in [2.45, 2.75) is 32.9 Å². The smallest absolute Gasteiger partial charge is 0.329 e. The summed E-state index contributed by atoms with van der Waals surface area (Å²) in [6.07, 6.45) is 0.248. The van der Waals surface area contributed by atoms with Crippen LogP contribution in [0.25, 0.3) is 0 Å². The zero-order valence-electron chi connectivity index (χ0n) is 17.9. The Hall–Kier alpha value is -3.48. The average Bonchev–Trinajstić information content (AvgIpc) is 3.01. The molecule has 162 valence electrons. The van der Waals surface area contributed by atoms with Gasteiger partial charge in [0.05, 0.1) is 11.1 Å². The van der Waals surface area contributed by atoms with Gasteiger partial charge in [-0.2, -0.15) is 0 Å². The van der Waals surface area contributed by atoms with E-state index in [1.54, 1.807) is 31.3 Å². The molecule has 31 heavy (non-hydrogen) atoms. The Balaban J connectivity index is 1.67. The van der Waals surface area contributed by atoms with Crippen LogP contribution in [-0.2, 0) is 20.9 Å². The minimum atomic E-state index is -1.08. The van der Waals surface area contributed by atoms with Crippen molar-refractivity contribution in [3.63, 3.8) is 0 Å². The second-order valence-corrected chi connectivity index (χ2v) is 8.01. The number of amides is 3. The number of hydrogen-bond donors (Lipinski definition) is 0. The summed E-state index contributed by atoms with van der Waals surface area (Å²) in [6.45, 7) is 3.69. The molecule has 2 aromatic rings. The summed E-state index contributed by atoms with van der Waals surface area (Å²) in [5, 5.41) is 0. The van der Waals surface area contributed by atoms with Gasteiger partial charge in [-0.3, -0.25) is 19.3 Å². The van der Waals surface area contributed by atoms with Crippen LogP contribution in [0.3, 0.4) is 0 Å². The summed E-state index contributed by atoms with van der Waals surface area (Å²) in [4.78, 5) is 53.3. The third-order valence-electron chi connectivity index (χ3n) is 5.13. The maximum absolute atomic E-state index is 12.9. The third kappa shape index (κ3) is 4.99. The minimum Gasteiger partial charge on any atom is -0.454 e. The van der Waals surface area contributed by atoms with E-state index >= 15 is 0 Å². The van der Waals surface area contributed by atoms with Crippen LogP contribution in [0.1, 0.15) is 46.5 Å². The molecular formula is C24H26N2O5. The number of ether oxygens (including phenoxy) is 1. The monoisotopic (exact) mass is 422 g/mol. The maximum atomic E-state index is 12.9. The average molecular weight is 422 g/mol. The van der Waals surface area contributed by atoms with Gasteiger partial charge in [0.1, 0.15) is 6.04 Å². The van der Waals surface area contributed by atoms with E-state index in [1.807, 2.05) is 44.2 Å². The molecule has 7 nitrogen and oxygen atoms in total. The molecule has 7 heteroatoms. The third-order valence-corrected chi connectivity index (χ3v) is 5.13. The molecule has 0 aliphatic carbocycles. The van der Waals surface area contributed by atoms with Gasteiger partial charge >= 0.3 is 5.97 Å². The lowest BCUT2D eigenvalue weighted by Crippen LogP contribution is -2.47. The molecule has 1 aliphatic rings. The molecule has 3 amide bonds. The van der Waals surface area contributed by atoms with Crippen molar-refractivity contribution in [1.29, 1.82) is 0 Å². The standard InChI is InChI=1S/C24H26N2O5/c1-16(2)13-20(26-22(28)18-11-7-8-12-19(18)23(26)29)24(30)31-15-21(27)25(3)14-17-9-5-4-6-10-17/h4-12,16,20H,13-15H2,1-3H3/t20-/m0/s1. The van der Waals surface area contributed by atoms with Crippen LogP contribution in [-0.4, -0.2) is 53.2 Å². The molecule has 1 atom stereocenters. The van der Waals surface area contributed by atoms with Crippen LogP contribution in [0.2, 0.25) is 0 Å². The SMILES string of the molecule is CC(C)C[C@@H](C(=O)OCC(=O)N(C)Cc1ccccc1)N1C(=O)c2ccccc2C1=O. The minimum absolute atomic E-state index is 0.0262. The number of rotatable bonds is 8. The van der Waals surface area contributed by atoms with E-state index in [-0.39, 0.29) is 29.4 Å². The summed E-state index contributed by atoms with van der Waals surface area (Å²) >= 11 is 0. The van der Waals surface area contributed by atoms with Crippen molar-refractivity contribution < 1.29 is 23.9 Å². The molecule has 0 aromatic heterocycles. The number of nitrogens with zero attached hydrogens (tertiary/aromatic N) is 2. The van der Waals surface area contributed by atoms with E-state index in [0.717, 1.165) is 10.5 Å². The highest BCUT2D eigenvalue weighted by molar-refractivity contribution is 6.22. The topological polar surface area (TPSA) is 84.0 Å². The van der Waals surface area contributed by atoms with Crippen molar-refractivity contribution in [1.82, 2.24) is 9.80 Å². The van der Waals surface area contributed by atoms with Gasteiger partial charge in [0, 0.05) is 13.6 Å². The predicted octanol–water partition coefficient (Wildman–Crippen LogP) is 2.90. The number of likely N-dealkylation sites (N-methyl/N-ethyl adjacent to an activating group) is 1. The molecule has 0 radical (unpaired) electrons. The molecule has 2 aromatic carbocycles. The normalized spacial score (nSPS) is 13.9. The Morgan fingerprint density at radius 3 is 2.03 bits per heavy atom. The number of carbonyl (C=O) groups is 4. The summed E-state index contributed by atoms with van der Waals surface area (Å²) in [5.74, 6) is -2.14. The van der Waals surface area contributed by atoms with Gasteiger partial charge in [-0.05, 0) is 30.0 Å². The number of esters is 1. The predicted molar refractivity (Wildman–Crippen MR) is 114 cm³/mol. The van der Waals surface area contributed by atoms with E-state index in [1.165, 1.54) is 4.90 Å². The van der Waals surface area contributed by atoms with Crippen LogP contribution < -0.4 is 0 Å². The van der Waals surface area contributed by atoms with Gasteiger partial charge in [-0.1, -0.05) is 56.3 Å². The molecule has 0 spiro atoms. The Morgan fingerprint density at radius 1 is 0.935 bits per heavy atom. The first-order chi connectivity index (χ1) is 14.8. The Morgan fingerprint density at radius 2 is 1.48 bits per heavy atom. The van der Waals surface area contributed by atoms with E-state index in [2.05, 4.69) is 0 Å². The van der Waals surface area contributed by atoms with E-state index in [0.29, 0.717) is 6.54 Å². The second kappa shape index (κ2) is 9.55. The van der Waals surface area contributed by atoms with Gasteiger partial charge in [0.2, 0.25) is 0 Å². The molecule has 0 saturated carbocycles. The molecule has 1 heterocycles. The van der Waals surface area contributed by atoms with Crippen molar-refractivity contribution >= 4 is 23.7 Å². The molecule has 0 saturated heterocycles. The fourth-order valence-corrected chi connectivity index (χ4v) is 3.53. The Labute approximate surface area is 181 Å². The quantitative estimate of drug-likeness (QED) is 0.482. The molecule has 0 fully saturated rings. The lowest BCUT2D eigenvalue weighted by molar-refractivity contribution is -0.155. The van der Waals surface area contributed by atoms with Crippen LogP contribution in [0, 0.1) is 5.92 Å². The fourth-order valence-electron chi connectivity index (χ4n) is 3.53. The summed E-state index contributed by atoms with van der Waals surface area (Å²) in [7, 11) is 1.62. The first-order valence-electron chi connectivity index (χ1n) is 10.2. The Kier molecular flexibility index (Phi) is 6.84. The van der Waals surface area contributed by atoms with Crippen LogP contribution in [0.4, 0.5) is 0 Å². The Bertz CT molecular complexity index is 951. The number of hydrogen-bond acceptors (Lipinski definition) is 5. The molecule has 0 bridgehead atoms. The molecule has 0 N–H and O–H groups in total. The lowest BCUT2D eigenvalue weighted by Gasteiger charge is -2.26. The first-order valence-corrected chi connectivity index (χ1v) is 10.2. The number of carbonyl (C=O) groups excluding carboxylic acids is 4. The van der Waals surface area contributed by atoms with E-state index < -0.39 is 30.4 Å².